The van der Waals surface area contributed by atoms with Crippen LogP contribution in [-0.4, -0.2) is 6.29 Å². The molecule has 0 bridgehead atoms. The Morgan fingerprint density at radius 1 is 1.19 bits per heavy atom. The highest BCUT2D eigenvalue weighted by Crippen LogP contribution is 2.24. The van der Waals surface area contributed by atoms with Gasteiger partial charge < -0.3 is 4.42 Å². The predicted octanol–water partition coefficient (Wildman–Crippen LogP) is 4.15. The normalized spacial score (nSPS) is 10.3. The van der Waals surface area contributed by atoms with Gasteiger partial charge in [0.05, 0.1) is 5.75 Å². The van der Waals surface area contributed by atoms with Crippen molar-refractivity contribution >= 4 is 34.0 Å². The van der Waals surface area contributed by atoms with E-state index in [4.69, 9.17) is 4.42 Å². The fourth-order valence-corrected chi connectivity index (χ4v) is 2.28. The summed E-state index contributed by atoms with van der Waals surface area (Å²) in [7, 11) is 0. The number of furan rings is 1. The van der Waals surface area contributed by atoms with Crippen LogP contribution in [0.3, 0.4) is 0 Å². The zero-order valence-electron chi connectivity index (χ0n) is 8.35. The van der Waals surface area contributed by atoms with Gasteiger partial charge >= 0.3 is 0 Å². The molecule has 2 nitrogen and oxygen atoms in total. The average Bonchev–Trinajstić information content (AvgIpc) is 2.76. The highest BCUT2D eigenvalue weighted by atomic mass is 79.9. The number of carbonyl (C=O) groups is 1. The van der Waals surface area contributed by atoms with E-state index in [-0.39, 0.29) is 0 Å². The second kappa shape index (κ2) is 5.37. The minimum Gasteiger partial charge on any atom is -0.457 e. The third-order valence-electron chi connectivity index (χ3n) is 1.99. The second-order valence-electron chi connectivity index (χ2n) is 3.16. The molecule has 1 aromatic heterocycles. The zero-order valence-corrected chi connectivity index (χ0v) is 10.8. The highest BCUT2D eigenvalue weighted by Gasteiger charge is 2.01. The number of carbonyl (C=O) groups excluding carboxylic acids is 1. The summed E-state index contributed by atoms with van der Waals surface area (Å²) < 4.78 is 6.35. The second-order valence-corrected chi connectivity index (χ2v) is 5.13. The van der Waals surface area contributed by atoms with Gasteiger partial charge in [-0.25, -0.2) is 0 Å². The van der Waals surface area contributed by atoms with Gasteiger partial charge in [0, 0.05) is 9.37 Å². The number of hydrogen-bond donors (Lipinski definition) is 0. The van der Waals surface area contributed by atoms with Crippen LogP contribution in [0.4, 0.5) is 0 Å². The lowest BCUT2D eigenvalue weighted by Crippen LogP contribution is -1.76. The molecule has 0 fully saturated rings. The van der Waals surface area contributed by atoms with Crippen LogP contribution in [0.25, 0.3) is 0 Å². The van der Waals surface area contributed by atoms with Gasteiger partial charge in [-0.15, -0.1) is 11.8 Å². The van der Waals surface area contributed by atoms with Gasteiger partial charge in [-0.2, -0.15) is 0 Å². The lowest BCUT2D eigenvalue weighted by atomic mass is 10.4. The molecule has 0 aliphatic rings. The Bertz CT molecular complexity index is 476. The molecule has 0 unspecified atom stereocenters. The van der Waals surface area contributed by atoms with Crippen LogP contribution in [0.2, 0.25) is 0 Å². The molecule has 0 radical (unpaired) electrons. The maximum atomic E-state index is 10.4. The van der Waals surface area contributed by atoms with Crippen molar-refractivity contribution in [3.8, 4) is 0 Å². The predicted molar refractivity (Wildman–Crippen MR) is 67.8 cm³/mol. The van der Waals surface area contributed by atoms with Gasteiger partial charge in [0.15, 0.2) is 12.0 Å². The summed E-state index contributed by atoms with van der Waals surface area (Å²) in [5, 5.41) is 0. The Morgan fingerprint density at radius 2 is 1.94 bits per heavy atom. The lowest BCUT2D eigenvalue weighted by molar-refractivity contribution is 0.109. The van der Waals surface area contributed by atoms with E-state index in [9.17, 15) is 4.79 Å². The first-order chi connectivity index (χ1) is 7.78. The molecular weight excluding hydrogens is 288 g/mol. The molecule has 4 heteroatoms. The molecular formula is C12H9BrO2S. The Hall–Kier alpha value is -1.00. The van der Waals surface area contributed by atoms with E-state index in [2.05, 4.69) is 15.9 Å². The maximum Gasteiger partial charge on any atom is 0.185 e. The monoisotopic (exact) mass is 296 g/mol. The fraction of sp³-hybridized carbons (Fsp3) is 0.0833. The quantitative estimate of drug-likeness (QED) is 0.627. The highest BCUT2D eigenvalue weighted by molar-refractivity contribution is 9.10. The number of hydrogen-bond acceptors (Lipinski definition) is 3. The molecule has 0 aliphatic heterocycles. The minimum atomic E-state index is 0.381. The molecule has 0 aliphatic carbocycles. The van der Waals surface area contributed by atoms with Crippen LogP contribution < -0.4 is 0 Å². The third kappa shape index (κ3) is 3.00. The van der Waals surface area contributed by atoms with Crippen LogP contribution in [0.5, 0.6) is 0 Å². The standard InChI is InChI=1S/C12H9BrO2S/c13-9-1-5-12(6-2-9)16-8-11-4-3-10(7-14)15-11/h1-7H,8H2. The Balaban J connectivity index is 1.96. The van der Waals surface area contributed by atoms with Crippen molar-refractivity contribution in [1.29, 1.82) is 0 Å². The molecule has 82 valence electrons. The number of thioether (sulfide) groups is 1. The SMILES string of the molecule is O=Cc1ccc(CSc2ccc(Br)cc2)o1. The maximum absolute atomic E-state index is 10.4. The summed E-state index contributed by atoms with van der Waals surface area (Å²) in [6, 6.07) is 11.6. The summed E-state index contributed by atoms with van der Waals surface area (Å²) in [5.41, 5.74) is 0. The Morgan fingerprint density at radius 3 is 2.56 bits per heavy atom. The molecule has 1 heterocycles. The van der Waals surface area contributed by atoms with Crippen molar-refractivity contribution in [3.63, 3.8) is 0 Å². The first kappa shape index (κ1) is 11.5. The summed E-state index contributed by atoms with van der Waals surface area (Å²) >= 11 is 5.06. The van der Waals surface area contributed by atoms with Crippen molar-refractivity contribution < 1.29 is 9.21 Å². The molecule has 0 N–H and O–H groups in total. The van der Waals surface area contributed by atoms with Crippen LogP contribution in [0.1, 0.15) is 16.3 Å². The molecule has 2 rings (SSSR count). The molecule has 2 aromatic rings. The molecule has 0 atom stereocenters. The van der Waals surface area contributed by atoms with Gasteiger partial charge in [0.25, 0.3) is 0 Å². The number of halogens is 1. The third-order valence-corrected chi connectivity index (χ3v) is 3.56. The lowest BCUT2D eigenvalue weighted by Gasteiger charge is -1.99. The van der Waals surface area contributed by atoms with E-state index < -0.39 is 0 Å². The number of benzene rings is 1. The largest absolute Gasteiger partial charge is 0.457 e. The van der Waals surface area contributed by atoms with Crippen LogP contribution >= 0.6 is 27.7 Å². The van der Waals surface area contributed by atoms with Gasteiger partial charge in [-0.3, -0.25) is 4.79 Å². The van der Waals surface area contributed by atoms with Gasteiger partial charge in [-0.1, -0.05) is 15.9 Å². The number of aldehydes is 1. The van der Waals surface area contributed by atoms with Crippen LogP contribution in [-0.2, 0) is 5.75 Å². The van der Waals surface area contributed by atoms with Crippen molar-refractivity contribution in [1.82, 2.24) is 0 Å². The van der Waals surface area contributed by atoms with Crippen molar-refractivity contribution in [2.45, 2.75) is 10.6 Å². The van der Waals surface area contributed by atoms with E-state index in [1.165, 1.54) is 4.90 Å². The molecule has 0 saturated heterocycles. The van der Waals surface area contributed by atoms with Gasteiger partial charge in [0.1, 0.15) is 5.76 Å². The summed E-state index contributed by atoms with van der Waals surface area (Å²) in [5.74, 6) is 1.93. The van der Waals surface area contributed by atoms with Crippen molar-refractivity contribution in [3.05, 3.63) is 52.4 Å². The van der Waals surface area contributed by atoms with Gasteiger partial charge in [-0.05, 0) is 36.4 Å². The van der Waals surface area contributed by atoms with E-state index in [1.54, 1.807) is 17.8 Å². The number of rotatable bonds is 4. The molecule has 1 aromatic carbocycles. The Labute approximate surface area is 106 Å². The van der Waals surface area contributed by atoms with Crippen LogP contribution in [0, 0.1) is 0 Å². The summed E-state index contributed by atoms with van der Waals surface area (Å²) in [4.78, 5) is 11.6. The van der Waals surface area contributed by atoms with Crippen molar-refractivity contribution in [2.24, 2.45) is 0 Å². The fourth-order valence-electron chi connectivity index (χ4n) is 1.22. The van der Waals surface area contributed by atoms with E-state index in [0.29, 0.717) is 12.0 Å². The first-order valence-corrected chi connectivity index (χ1v) is 6.48. The molecule has 16 heavy (non-hydrogen) atoms. The summed E-state index contributed by atoms with van der Waals surface area (Å²) in [6.07, 6.45) is 0.716. The first-order valence-electron chi connectivity index (χ1n) is 4.70. The van der Waals surface area contributed by atoms with E-state index >= 15 is 0 Å². The topological polar surface area (TPSA) is 30.2 Å². The minimum absolute atomic E-state index is 0.381. The van der Waals surface area contributed by atoms with E-state index in [1.807, 2.05) is 30.3 Å². The molecule has 0 amide bonds. The smallest absolute Gasteiger partial charge is 0.185 e. The average molecular weight is 297 g/mol. The molecule has 0 spiro atoms. The van der Waals surface area contributed by atoms with Crippen molar-refractivity contribution in [2.75, 3.05) is 0 Å². The Kier molecular flexibility index (Phi) is 3.85. The summed E-state index contributed by atoms with van der Waals surface area (Å²) in [6.45, 7) is 0. The zero-order chi connectivity index (χ0) is 11.4. The van der Waals surface area contributed by atoms with Crippen LogP contribution in [0.15, 0.2) is 50.2 Å². The molecule has 0 saturated carbocycles. The van der Waals surface area contributed by atoms with E-state index in [0.717, 1.165) is 16.0 Å². The van der Waals surface area contributed by atoms with Gasteiger partial charge in [0.2, 0.25) is 0 Å².